The minimum absolute atomic E-state index is 0.131. The highest BCUT2D eigenvalue weighted by molar-refractivity contribution is 5.87. The molecule has 0 aromatic heterocycles. The molecule has 1 atom stereocenters. The third-order valence-electron chi connectivity index (χ3n) is 4.24. The number of hydrogen-bond acceptors (Lipinski definition) is 5. The molecule has 2 aromatic carbocycles. The second kappa shape index (κ2) is 10.4. The second-order valence-corrected chi connectivity index (χ2v) is 7.92. The Bertz CT molecular complexity index is 940. The summed E-state index contributed by atoms with van der Waals surface area (Å²) in [6.07, 6.45) is 2.39. The predicted molar refractivity (Wildman–Crippen MR) is 117 cm³/mol. The van der Waals surface area contributed by atoms with Crippen LogP contribution in [0, 0.1) is 0 Å². The molecular weight excluding hydrogens is 398 g/mol. The highest BCUT2D eigenvalue weighted by Gasteiger charge is 2.24. The van der Waals surface area contributed by atoms with Crippen LogP contribution < -0.4 is 5.32 Å². The number of rotatable bonds is 7. The second-order valence-electron chi connectivity index (χ2n) is 7.92. The quantitative estimate of drug-likeness (QED) is 0.512. The molecule has 0 fully saturated rings. The average Bonchev–Trinajstić information content (AvgIpc) is 2.71. The van der Waals surface area contributed by atoms with Crippen molar-refractivity contribution in [2.45, 2.75) is 38.8 Å². The van der Waals surface area contributed by atoms with Gasteiger partial charge >= 0.3 is 18.0 Å². The van der Waals surface area contributed by atoms with Crippen LogP contribution in [0.1, 0.15) is 31.9 Å². The van der Waals surface area contributed by atoms with Crippen molar-refractivity contribution >= 4 is 24.1 Å². The first-order valence-corrected chi connectivity index (χ1v) is 9.75. The van der Waals surface area contributed by atoms with Crippen molar-refractivity contribution in [3.05, 3.63) is 65.7 Å². The van der Waals surface area contributed by atoms with E-state index in [1.165, 1.54) is 13.2 Å². The van der Waals surface area contributed by atoms with E-state index in [-0.39, 0.29) is 6.42 Å². The van der Waals surface area contributed by atoms with Gasteiger partial charge in [-0.2, -0.15) is 0 Å². The molecule has 2 aromatic rings. The van der Waals surface area contributed by atoms with Crippen LogP contribution >= 0.6 is 0 Å². The first-order chi connectivity index (χ1) is 14.6. The highest BCUT2D eigenvalue weighted by Crippen LogP contribution is 2.21. The van der Waals surface area contributed by atoms with Crippen LogP contribution in [0.3, 0.4) is 0 Å². The average molecular weight is 425 g/mol. The van der Waals surface area contributed by atoms with E-state index in [0.717, 1.165) is 22.3 Å². The lowest BCUT2D eigenvalue weighted by Crippen LogP contribution is -2.44. The van der Waals surface area contributed by atoms with Crippen molar-refractivity contribution in [3.8, 4) is 11.1 Å². The number of amides is 1. The monoisotopic (exact) mass is 425 g/mol. The third kappa shape index (κ3) is 7.97. The molecule has 0 aliphatic rings. The standard InChI is InChI=1S/C24H27NO6/c1-24(2,3)31-23(29)25-20(22(27)28)15-17-7-12-19(13-8-17)18-10-5-16(6-11-18)9-14-21(26)30-4/h5-14,20H,15H2,1-4H3,(H,25,29)(H,27,28). The van der Waals surface area contributed by atoms with Crippen molar-refractivity contribution in [1.82, 2.24) is 5.32 Å². The number of carboxylic acids is 1. The summed E-state index contributed by atoms with van der Waals surface area (Å²) in [7, 11) is 1.33. The largest absolute Gasteiger partial charge is 0.480 e. The fourth-order valence-corrected chi connectivity index (χ4v) is 2.74. The first-order valence-electron chi connectivity index (χ1n) is 9.75. The Hall–Kier alpha value is -3.61. The maximum Gasteiger partial charge on any atom is 0.408 e. The van der Waals surface area contributed by atoms with Gasteiger partial charge in [0.15, 0.2) is 0 Å². The zero-order valence-corrected chi connectivity index (χ0v) is 18.0. The molecule has 164 valence electrons. The molecule has 1 unspecified atom stereocenters. The van der Waals surface area contributed by atoms with Crippen molar-refractivity contribution < 1.29 is 29.0 Å². The van der Waals surface area contributed by atoms with Gasteiger partial charge in [0.2, 0.25) is 0 Å². The summed E-state index contributed by atoms with van der Waals surface area (Å²) in [5.74, 6) is -1.55. The lowest BCUT2D eigenvalue weighted by Gasteiger charge is -2.22. The number of esters is 1. The van der Waals surface area contributed by atoms with E-state index in [1.807, 2.05) is 48.5 Å². The molecule has 7 nitrogen and oxygen atoms in total. The van der Waals surface area contributed by atoms with Gasteiger partial charge in [0, 0.05) is 12.5 Å². The number of carbonyl (C=O) groups excluding carboxylic acids is 2. The molecule has 0 saturated heterocycles. The number of hydrogen-bond donors (Lipinski definition) is 2. The molecule has 0 saturated carbocycles. The van der Waals surface area contributed by atoms with Crippen LogP contribution in [0.4, 0.5) is 4.79 Å². The molecule has 0 bridgehead atoms. The molecule has 2 rings (SSSR count). The zero-order valence-electron chi connectivity index (χ0n) is 18.0. The number of alkyl carbamates (subject to hydrolysis) is 1. The summed E-state index contributed by atoms with van der Waals surface area (Å²) in [5, 5.41) is 11.8. The Morgan fingerprint density at radius 1 is 1.00 bits per heavy atom. The minimum Gasteiger partial charge on any atom is -0.480 e. The van der Waals surface area contributed by atoms with E-state index in [2.05, 4.69) is 10.1 Å². The van der Waals surface area contributed by atoms with Gasteiger partial charge in [0.25, 0.3) is 0 Å². The van der Waals surface area contributed by atoms with E-state index < -0.39 is 29.7 Å². The summed E-state index contributed by atoms with van der Waals surface area (Å²) in [6.45, 7) is 5.13. The number of carboxylic acid groups (broad SMARTS) is 1. The van der Waals surface area contributed by atoms with Gasteiger partial charge in [-0.1, -0.05) is 48.5 Å². The van der Waals surface area contributed by atoms with Crippen molar-refractivity contribution in [2.24, 2.45) is 0 Å². The minimum atomic E-state index is -1.13. The predicted octanol–water partition coefficient (Wildman–Crippen LogP) is 4.06. The van der Waals surface area contributed by atoms with Crippen LogP contribution in [0.15, 0.2) is 54.6 Å². The highest BCUT2D eigenvalue weighted by atomic mass is 16.6. The molecule has 0 heterocycles. The van der Waals surface area contributed by atoms with Crippen molar-refractivity contribution in [3.63, 3.8) is 0 Å². The SMILES string of the molecule is COC(=O)C=Cc1ccc(-c2ccc(CC(NC(=O)OC(C)(C)C)C(=O)O)cc2)cc1. The van der Waals surface area contributed by atoms with Crippen molar-refractivity contribution in [1.29, 1.82) is 0 Å². The summed E-state index contributed by atoms with van der Waals surface area (Å²) < 4.78 is 9.70. The van der Waals surface area contributed by atoms with Crippen LogP contribution in [0.25, 0.3) is 17.2 Å². The molecule has 0 aliphatic heterocycles. The number of nitrogens with one attached hydrogen (secondary N) is 1. The van der Waals surface area contributed by atoms with E-state index in [4.69, 9.17) is 4.74 Å². The molecule has 31 heavy (non-hydrogen) atoms. The van der Waals surface area contributed by atoms with E-state index in [9.17, 15) is 19.5 Å². The van der Waals surface area contributed by atoms with E-state index in [0.29, 0.717) is 0 Å². The summed E-state index contributed by atoms with van der Waals surface area (Å²) in [4.78, 5) is 34.6. The molecule has 2 N–H and O–H groups in total. The van der Waals surface area contributed by atoms with Gasteiger partial charge in [-0.15, -0.1) is 0 Å². The molecule has 0 spiro atoms. The molecule has 0 aliphatic carbocycles. The normalized spacial score (nSPS) is 12.3. The lowest BCUT2D eigenvalue weighted by atomic mass is 10.00. The van der Waals surface area contributed by atoms with Crippen molar-refractivity contribution in [2.75, 3.05) is 7.11 Å². The maximum atomic E-state index is 11.9. The third-order valence-corrected chi connectivity index (χ3v) is 4.24. The number of benzene rings is 2. The smallest absolute Gasteiger partial charge is 0.408 e. The summed E-state index contributed by atoms with van der Waals surface area (Å²) in [6, 6.07) is 14.0. The maximum absolute atomic E-state index is 11.9. The van der Waals surface area contributed by atoms with Gasteiger partial charge in [0.1, 0.15) is 11.6 Å². The summed E-state index contributed by atoms with van der Waals surface area (Å²) >= 11 is 0. The topological polar surface area (TPSA) is 102 Å². The van der Waals surface area contributed by atoms with Gasteiger partial charge in [-0.3, -0.25) is 0 Å². The molecular formula is C24H27NO6. The Balaban J connectivity index is 2.04. The Morgan fingerprint density at radius 2 is 1.55 bits per heavy atom. The van der Waals surface area contributed by atoms with Gasteiger partial charge in [-0.25, -0.2) is 14.4 Å². The molecule has 7 heteroatoms. The number of methoxy groups -OCH3 is 1. The van der Waals surface area contributed by atoms with Gasteiger partial charge in [-0.05, 0) is 49.1 Å². The fourth-order valence-electron chi connectivity index (χ4n) is 2.74. The van der Waals surface area contributed by atoms with Crippen LogP contribution in [-0.2, 0) is 25.5 Å². The van der Waals surface area contributed by atoms with Gasteiger partial charge < -0.3 is 19.9 Å². The lowest BCUT2D eigenvalue weighted by molar-refractivity contribution is -0.139. The van der Waals surface area contributed by atoms with Crippen LogP contribution in [-0.4, -0.2) is 41.9 Å². The van der Waals surface area contributed by atoms with E-state index in [1.54, 1.807) is 26.8 Å². The van der Waals surface area contributed by atoms with E-state index >= 15 is 0 Å². The molecule has 0 radical (unpaired) electrons. The van der Waals surface area contributed by atoms with Crippen LogP contribution in [0.2, 0.25) is 0 Å². The number of carbonyl (C=O) groups is 3. The fraction of sp³-hybridized carbons (Fsp3) is 0.292. The number of aliphatic carboxylic acids is 1. The zero-order chi connectivity index (χ0) is 23.0. The Kier molecular flexibility index (Phi) is 7.96. The Morgan fingerprint density at radius 3 is 2.03 bits per heavy atom. The Labute approximate surface area is 181 Å². The summed E-state index contributed by atoms with van der Waals surface area (Å²) in [5.41, 5.74) is 2.86. The first kappa shape index (κ1) is 23.7. The van der Waals surface area contributed by atoms with Gasteiger partial charge in [0.05, 0.1) is 7.11 Å². The molecule has 1 amide bonds. The number of ether oxygens (including phenoxy) is 2. The van der Waals surface area contributed by atoms with Crippen LogP contribution in [0.5, 0.6) is 0 Å².